The van der Waals surface area contributed by atoms with Crippen molar-refractivity contribution in [2.45, 2.75) is 32.0 Å². The molecular formula is C24H28N6O4. The summed E-state index contributed by atoms with van der Waals surface area (Å²) in [5.41, 5.74) is 1.67. The highest BCUT2D eigenvalue weighted by Gasteiger charge is 2.20. The third-order valence-electron chi connectivity index (χ3n) is 6.39. The van der Waals surface area contributed by atoms with Crippen LogP contribution in [-0.2, 0) is 17.9 Å². The number of hydrogen-bond acceptors (Lipinski definition) is 8. The Morgan fingerprint density at radius 3 is 2.85 bits per heavy atom. The molecule has 0 radical (unpaired) electrons. The standard InChI is InChI=1S/C24H28N6O4/c1-33-22-12-16-2-5-23(32)30(19(16)14-26-22)11-10-29-8-6-17(7-9-29)25-13-18-3-4-20-24(27-18)28-21(31)15-34-20/h2-5,12,14,17,25H,6-11,13,15H2,1H3,(H,27,28,31). The average Bonchev–Trinajstić information content (AvgIpc) is 2.87. The molecule has 10 heteroatoms. The predicted molar refractivity (Wildman–Crippen MR) is 127 cm³/mol. The molecule has 1 fully saturated rings. The van der Waals surface area contributed by atoms with Crippen LogP contribution in [0, 0.1) is 0 Å². The van der Waals surface area contributed by atoms with E-state index in [-0.39, 0.29) is 18.1 Å². The van der Waals surface area contributed by atoms with Gasteiger partial charge in [0, 0.05) is 43.2 Å². The number of nitrogens with one attached hydrogen (secondary N) is 2. The first-order valence-corrected chi connectivity index (χ1v) is 11.5. The molecule has 3 aromatic rings. The molecule has 1 saturated heterocycles. The molecule has 2 N–H and O–H groups in total. The number of carbonyl (C=O) groups is 1. The van der Waals surface area contributed by atoms with Crippen molar-refractivity contribution in [2.24, 2.45) is 0 Å². The third-order valence-corrected chi connectivity index (χ3v) is 6.39. The van der Waals surface area contributed by atoms with Crippen LogP contribution in [-0.4, -0.2) is 64.7 Å². The van der Waals surface area contributed by atoms with Crippen LogP contribution in [0.25, 0.3) is 10.9 Å². The fourth-order valence-electron chi connectivity index (χ4n) is 4.47. The van der Waals surface area contributed by atoms with Gasteiger partial charge in [-0.05, 0) is 44.1 Å². The van der Waals surface area contributed by atoms with E-state index in [1.54, 1.807) is 23.9 Å². The lowest BCUT2D eigenvalue weighted by molar-refractivity contribution is -0.118. The summed E-state index contributed by atoms with van der Waals surface area (Å²) < 4.78 is 12.3. The summed E-state index contributed by atoms with van der Waals surface area (Å²) in [6.07, 6.45) is 3.75. The first-order chi connectivity index (χ1) is 16.6. The van der Waals surface area contributed by atoms with Gasteiger partial charge in [0.25, 0.3) is 11.5 Å². The first kappa shape index (κ1) is 22.3. The number of pyridine rings is 3. The Bertz CT molecular complexity index is 1250. The van der Waals surface area contributed by atoms with Gasteiger partial charge in [0.2, 0.25) is 5.88 Å². The number of nitrogens with zero attached hydrogens (tertiary/aromatic N) is 4. The Morgan fingerprint density at radius 1 is 1.18 bits per heavy atom. The van der Waals surface area contributed by atoms with E-state index >= 15 is 0 Å². The Kier molecular flexibility index (Phi) is 6.41. The molecule has 5 rings (SSSR count). The van der Waals surface area contributed by atoms with Crippen molar-refractivity contribution in [3.05, 3.63) is 52.6 Å². The lowest BCUT2D eigenvalue weighted by atomic mass is 10.0. The van der Waals surface area contributed by atoms with Crippen molar-refractivity contribution in [1.29, 1.82) is 0 Å². The van der Waals surface area contributed by atoms with Crippen LogP contribution in [0.5, 0.6) is 11.6 Å². The van der Waals surface area contributed by atoms with Crippen LogP contribution in [0.3, 0.4) is 0 Å². The predicted octanol–water partition coefficient (Wildman–Crippen LogP) is 1.39. The Labute approximate surface area is 196 Å². The molecule has 0 spiro atoms. The Morgan fingerprint density at radius 2 is 2.03 bits per heavy atom. The van der Waals surface area contributed by atoms with Gasteiger partial charge in [0.05, 0.1) is 24.5 Å². The second-order valence-electron chi connectivity index (χ2n) is 8.59. The van der Waals surface area contributed by atoms with Crippen LogP contribution in [0.2, 0.25) is 0 Å². The van der Waals surface area contributed by atoms with Gasteiger partial charge in [-0.2, -0.15) is 0 Å². The number of ether oxygens (including phenoxy) is 2. The topological polar surface area (TPSA) is 111 Å². The number of piperidine rings is 1. The summed E-state index contributed by atoms with van der Waals surface area (Å²) in [7, 11) is 1.58. The molecule has 0 aliphatic carbocycles. The zero-order valence-electron chi connectivity index (χ0n) is 19.1. The first-order valence-electron chi connectivity index (χ1n) is 11.5. The minimum atomic E-state index is -0.181. The Hall–Kier alpha value is -3.50. The van der Waals surface area contributed by atoms with Crippen LogP contribution in [0.15, 0.2) is 41.3 Å². The van der Waals surface area contributed by atoms with Gasteiger partial charge >= 0.3 is 0 Å². The molecule has 0 saturated carbocycles. The largest absolute Gasteiger partial charge is 0.481 e. The maximum absolute atomic E-state index is 12.5. The number of anilines is 1. The van der Waals surface area contributed by atoms with Crippen molar-refractivity contribution in [3.63, 3.8) is 0 Å². The van der Waals surface area contributed by atoms with E-state index in [9.17, 15) is 9.59 Å². The highest BCUT2D eigenvalue weighted by Crippen LogP contribution is 2.25. The number of carbonyl (C=O) groups excluding carboxylic acids is 1. The van der Waals surface area contributed by atoms with E-state index < -0.39 is 0 Å². The summed E-state index contributed by atoms with van der Waals surface area (Å²) >= 11 is 0. The number of rotatable bonds is 7. The summed E-state index contributed by atoms with van der Waals surface area (Å²) in [6.45, 7) is 4.02. The number of methoxy groups -OCH3 is 1. The SMILES string of the molecule is COc1cc2ccc(=O)n(CCN3CCC(NCc4ccc5c(n4)NC(=O)CO5)CC3)c2cn1. The van der Waals surface area contributed by atoms with Gasteiger partial charge in [-0.1, -0.05) is 0 Å². The van der Waals surface area contributed by atoms with Crippen LogP contribution in [0.1, 0.15) is 18.5 Å². The quantitative estimate of drug-likeness (QED) is 0.540. The van der Waals surface area contributed by atoms with Crippen molar-refractivity contribution < 1.29 is 14.3 Å². The van der Waals surface area contributed by atoms with Gasteiger partial charge in [0.1, 0.15) is 0 Å². The molecule has 1 amide bonds. The number of amides is 1. The van der Waals surface area contributed by atoms with Crippen molar-refractivity contribution in [2.75, 3.05) is 38.7 Å². The lowest BCUT2D eigenvalue weighted by Crippen LogP contribution is -2.43. The van der Waals surface area contributed by atoms with E-state index in [0.29, 0.717) is 36.6 Å². The van der Waals surface area contributed by atoms with Gasteiger partial charge in [-0.3, -0.25) is 9.59 Å². The van der Waals surface area contributed by atoms with Crippen LogP contribution >= 0.6 is 0 Å². The maximum atomic E-state index is 12.5. The second-order valence-corrected chi connectivity index (χ2v) is 8.59. The van der Waals surface area contributed by atoms with Gasteiger partial charge in [-0.15, -0.1) is 0 Å². The molecule has 3 aromatic heterocycles. The molecule has 0 aromatic carbocycles. The third kappa shape index (κ3) is 4.87. The maximum Gasteiger partial charge on any atom is 0.263 e. The molecule has 0 atom stereocenters. The molecule has 0 unspecified atom stereocenters. The van der Waals surface area contributed by atoms with Crippen molar-refractivity contribution >= 4 is 22.6 Å². The summed E-state index contributed by atoms with van der Waals surface area (Å²) in [5, 5.41) is 7.27. The van der Waals surface area contributed by atoms with E-state index in [1.165, 1.54) is 0 Å². The zero-order valence-corrected chi connectivity index (χ0v) is 19.1. The molecule has 10 nitrogen and oxygen atoms in total. The lowest BCUT2D eigenvalue weighted by Gasteiger charge is -2.32. The number of aromatic nitrogens is 3. The van der Waals surface area contributed by atoms with Crippen LogP contribution in [0.4, 0.5) is 5.82 Å². The normalized spacial score (nSPS) is 16.7. The number of hydrogen-bond donors (Lipinski definition) is 2. The molecule has 34 heavy (non-hydrogen) atoms. The van der Waals surface area contributed by atoms with E-state index in [1.807, 2.05) is 24.3 Å². The fraction of sp³-hybridized carbons (Fsp3) is 0.417. The van der Waals surface area contributed by atoms with Gasteiger partial charge < -0.3 is 29.6 Å². The van der Waals surface area contributed by atoms with E-state index in [0.717, 1.165) is 49.1 Å². The molecule has 5 heterocycles. The molecule has 0 bridgehead atoms. The smallest absolute Gasteiger partial charge is 0.263 e. The van der Waals surface area contributed by atoms with Gasteiger partial charge in [0.15, 0.2) is 18.2 Å². The van der Waals surface area contributed by atoms with Crippen molar-refractivity contribution in [1.82, 2.24) is 24.8 Å². The molecule has 178 valence electrons. The molecule has 2 aliphatic rings. The fourth-order valence-corrected chi connectivity index (χ4v) is 4.47. The van der Waals surface area contributed by atoms with Crippen LogP contribution < -0.4 is 25.7 Å². The number of likely N-dealkylation sites (tertiary alicyclic amines) is 1. The summed E-state index contributed by atoms with van der Waals surface area (Å²) in [5.74, 6) is 1.45. The molecular weight excluding hydrogens is 436 g/mol. The zero-order chi connectivity index (χ0) is 23.5. The minimum Gasteiger partial charge on any atom is -0.481 e. The average molecular weight is 465 g/mol. The summed E-state index contributed by atoms with van der Waals surface area (Å²) in [6, 6.07) is 9.43. The van der Waals surface area contributed by atoms with Gasteiger partial charge in [-0.25, -0.2) is 9.97 Å². The minimum absolute atomic E-state index is 0.0184. The van der Waals surface area contributed by atoms with Crippen molar-refractivity contribution in [3.8, 4) is 11.6 Å². The second kappa shape index (κ2) is 9.78. The Balaban J connectivity index is 1.12. The molecule has 2 aliphatic heterocycles. The number of fused-ring (bicyclic) bond motifs is 2. The monoisotopic (exact) mass is 464 g/mol. The summed E-state index contributed by atoms with van der Waals surface area (Å²) in [4.78, 5) is 35.1. The highest BCUT2D eigenvalue weighted by atomic mass is 16.5. The van der Waals surface area contributed by atoms with E-state index in [4.69, 9.17) is 9.47 Å². The van der Waals surface area contributed by atoms with E-state index in [2.05, 4.69) is 25.5 Å². The highest BCUT2D eigenvalue weighted by molar-refractivity contribution is 5.94.